The molecule has 0 aromatic heterocycles. The average molecular weight is 139 g/mol. The second-order valence-electron chi connectivity index (χ2n) is 2.02. The van der Waals surface area contributed by atoms with Crippen LogP contribution in [0.25, 0.3) is 0 Å². The van der Waals surface area contributed by atoms with Crippen LogP contribution in [0.4, 0.5) is 8.78 Å². The molecule has 0 radical (unpaired) electrons. The minimum atomic E-state index is -2.84. The van der Waals surface area contributed by atoms with Crippen molar-refractivity contribution in [1.29, 1.82) is 0 Å². The summed E-state index contributed by atoms with van der Waals surface area (Å²) in [4.78, 5) is 0. The zero-order valence-corrected chi connectivity index (χ0v) is 5.53. The van der Waals surface area contributed by atoms with Gasteiger partial charge in [-0.3, -0.25) is 0 Å². The van der Waals surface area contributed by atoms with Crippen LogP contribution in [-0.2, 0) is 4.74 Å². The fourth-order valence-electron chi connectivity index (χ4n) is 0.326. The maximum Gasteiger partial charge on any atom is 0.262 e. The standard InChI is InChI=1S/C5H11F2NO/c1-5(6,7)4(8)3-9-2/h4H,3,8H2,1-2H3. The number of hydrogen-bond acceptors (Lipinski definition) is 2. The van der Waals surface area contributed by atoms with Crippen LogP contribution in [0, 0.1) is 0 Å². The number of nitrogens with two attached hydrogens (primary N) is 1. The third-order valence-electron chi connectivity index (χ3n) is 0.997. The van der Waals surface area contributed by atoms with Gasteiger partial charge < -0.3 is 10.5 Å². The van der Waals surface area contributed by atoms with Gasteiger partial charge in [0.1, 0.15) is 0 Å². The normalized spacial score (nSPS) is 15.7. The zero-order chi connectivity index (χ0) is 7.49. The Morgan fingerprint density at radius 1 is 1.67 bits per heavy atom. The fraction of sp³-hybridized carbons (Fsp3) is 1.00. The molecular formula is C5H11F2NO. The average Bonchev–Trinajstić information content (AvgIpc) is 1.64. The van der Waals surface area contributed by atoms with Crippen molar-refractivity contribution in [3.05, 3.63) is 0 Å². The number of ether oxygens (including phenoxy) is 1. The first-order chi connectivity index (χ1) is 3.98. The van der Waals surface area contributed by atoms with E-state index >= 15 is 0 Å². The molecule has 0 aromatic rings. The second kappa shape index (κ2) is 3.08. The van der Waals surface area contributed by atoms with Gasteiger partial charge in [0.25, 0.3) is 5.92 Å². The number of methoxy groups -OCH3 is 1. The lowest BCUT2D eigenvalue weighted by Gasteiger charge is -2.17. The first-order valence-electron chi connectivity index (χ1n) is 2.61. The molecule has 0 bridgehead atoms. The molecule has 1 unspecified atom stereocenters. The summed E-state index contributed by atoms with van der Waals surface area (Å²) in [5, 5.41) is 0. The molecule has 0 rings (SSSR count). The lowest BCUT2D eigenvalue weighted by Crippen LogP contribution is -2.41. The first kappa shape index (κ1) is 8.78. The quantitative estimate of drug-likeness (QED) is 0.622. The van der Waals surface area contributed by atoms with Crippen molar-refractivity contribution in [1.82, 2.24) is 0 Å². The van der Waals surface area contributed by atoms with Gasteiger partial charge in [0.05, 0.1) is 12.6 Å². The van der Waals surface area contributed by atoms with Crippen LogP contribution < -0.4 is 5.73 Å². The Kier molecular flexibility index (Phi) is 3.00. The van der Waals surface area contributed by atoms with Crippen LogP contribution in [0.3, 0.4) is 0 Å². The maximum absolute atomic E-state index is 12.1. The number of rotatable bonds is 3. The van der Waals surface area contributed by atoms with Gasteiger partial charge in [-0.25, -0.2) is 8.78 Å². The largest absolute Gasteiger partial charge is 0.383 e. The monoisotopic (exact) mass is 139 g/mol. The summed E-state index contributed by atoms with van der Waals surface area (Å²) < 4.78 is 28.6. The highest BCUT2D eigenvalue weighted by molar-refractivity contribution is 4.74. The maximum atomic E-state index is 12.1. The van der Waals surface area contributed by atoms with Crippen molar-refractivity contribution in [2.24, 2.45) is 5.73 Å². The Hall–Kier alpha value is -0.220. The summed E-state index contributed by atoms with van der Waals surface area (Å²) in [6, 6.07) is -1.19. The van der Waals surface area contributed by atoms with Gasteiger partial charge >= 0.3 is 0 Å². The van der Waals surface area contributed by atoms with Crippen molar-refractivity contribution in [3.63, 3.8) is 0 Å². The minimum absolute atomic E-state index is 0.108. The summed E-state index contributed by atoms with van der Waals surface area (Å²) in [7, 11) is 1.34. The second-order valence-corrected chi connectivity index (χ2v) is 2.02. The molecule has 0 aromatic carbocycles. The Morgan fingerprint density at radius 3 is 2.22 bits per heavy atom. The highest BCUT2D eigenvalue weighted by Gasteiger charge is 2.30. The molecule has 0 aliphatic heterocycles. The van der Waals surface area contributed by atoms with Crippen LogP contribution in [0.15, 0.2) is 0 Å². The zero-order valence-electron chi connectivity index (χ0n) is 5.53. The SMILES string of the molecule is COCC(N)C(C)(F)F. The topological polar surface area (TPSA) is 35.2 Å². The van der Waals surface area contributed by atoms with Crippen LogP contribution >= 0.6 is 0 Å². The summed E-state index contributed by atoms with van der Waals surface area (Å²) in [6.07, 6.45) is 0. The molecule has 0 amide bonds. The number of halogens is 2. The van der Waals surface area contributed by atoms with Gasteiger partial charge in [0.2, 0.25) is 0 Å². The fourth-order valence-corrected chi connectivity index (χ4v) is 0.326. The summed E-state index contributed by atoms with van der Waals surface area (Å²) in [6.45, 7) is 0.667. The van der Waals surface area contributed by atoms with Crippen LogP contribution in [0.1, 0.15) is 6.92 Å². The summed E-state index contributed by atoms with van der Waals surface area (Å²) >= 11 is 0. The lowest BCUT2D eigenvalue weighted by atomic mass is 10.2. The third-order valence-corrected chi connectivity index (χ3v) is 0.997. The van der Waals surface area contributed by atoms with Crippen molar-refractivity contribution >= 4 is 0 Å². The van der Waals surface area contributed by atoms with Crippen molar-refractivity contribution in [2.45, 2.75) is 18.9 Å². The Balaban J connectivity index is 3.59. The van der Waals surface area contributed by atoms with E-state index in [1.807, 2.05) is 0 Å². The minimum Gasteiger partial charge on any atom is -0.383 e. The number of alkyl halides is 2. The highest BCUT2D eigenvalue weighted by Crippen LogP contribution is 2.14. The molecule has 4 heteroatoms. The van der Waals surface area contributed by atoms with Gasteiger partial charge in [-0.1, -0.05) is 0 Å². The van der Waals surface area contributed by atoms with Crippen molar-refractivity contribution < 1.29 is 13.5 Å². The van der Waals surface area contributed by atoms with E-state index in [1.54, 1.807) is 0 Å². The molecule has 9 heavy (non-hydrogen) atoms. The summed E-state index contributed by atoms with van der Waals surface area (Å²) in [5.74, 6) is -2.84. The molecule has 0 heterocycles. The van der Waals surface area contributed by atoms with Crippen LogP contribution in [-0.4, -0.2) is 25.7 Å². The van der Waals surface area contributed by atoms with Gasteiger partial charge in [-0.05, 0) is 0 Å². The van der Waals surface area contributed by atoms with Gasteiger partial charge in [0.15, 0.2) is 0 Å². The lowest BCUT2D eigenvalue weighted by molar-refractivity contribution is -0.0288. The van der Waals surface area contributed by atoms with Crippen molar-refractivity contribution in [2.75, 3.05) is 13.7 Å². The van der Waals surface area contributed by atoms with E-state index in [9.17, 15) is 8.78 Å². The summed E-state index contributed by atoms with van der Waals surface area (Å²) in [5.41, 5.74) is 4.99. The van der Waals surface area contributed by atoms with E-state index in [1.165, 1.54) is 7.11 Å². The highest BCUT2D eigenvalue weighted by atomic mass is 19.3. The van der Waals surface area contributed by atoms with E-state index in [-0.39, 0.29) is 6.61 Å². The van der Waals surface area contributed by atoms with E-state index in [0.717, 1.165) is 6.92 Å². The van der Waals surface area contributed by atoms with Gasteiger partial charge in [-0.2, -0.15) is 0 Å². The van der Waals surface area contributed by atoms with Gasteiger partial charge in [-0.15, -0.1) is 0 Å². The Labute approximate surface area is 53.0 Å². The molecule has 0 aliphatic carbocycles. The predicted octanol–water partition coefficient (Wildman–Crippen LogP) is 0.615. The van der Waals surface area contributed by atoms with E-state index < -0.39 is 12.0 Å². The van der Waals surface area contributed by atoms with Gasteiger partial charge in [0, 0.05) is 14.0 Å². The van der Waals surface area contributed by atoms with E-state index in [0.29, 0.717) is 0 Å². The molecule has 0 aliphatic rings. The van der Waals surface area contributed by atoms with E-state index in [2.05, 4.69) is 4.74 Å². The third kappa shape index (κ3) is 3.37. The predicted molar refractivity (Wildman–Crippen MR) is 30.5 cm³/mol. The Bertz CT molecular complexity index is 81.5. The molecule has 0 saturated carbocycles. The molecule has 0 fully saturated rings. The molecule has 1 atom stereocenters. The Morgan fingerprint density at radius 2 is 2.11 bits per heavy atom. The smallest absolute Gasteiger partial charge is 0.262 e. The van der Waals surface area contributed by atoms with Crippen LogP contribution in [0.2, 0.25) is 0 Å². The van der Waals surface area contributed by atoms with Crippen molar-refractivity contribution in [3.8, 4) is 0 Å². The van der Waals surface area contributed by atoms with E-state index in [4.69, 9.17) is 5.73 Å². The molecule has 56 valence electrons. The molecule has 2 nitrogen and oxygen atoms in total. The van der Waals surface area contributed by atoms with Crippen LogP contribution in [0.5, 0.6) is 0 Å². The molecule has 2 N–H and O–H groups in total. The molecule has 0 saturated heterocycles. The number of hydrogen-bond donors (Lipinski definition) is 1. The first-order valence-corrected chi connectivity index (χ1v) is 2.61. The molecular weight excluding hydrogens is 128 g/mol. The molecule has 0 spiro atoms.